The van der Waals surface area contributed by atoms with Gasteiger partial charge in [-0.3, -0.25) is 4.99 Å². The quantitative estimate of drug-likeness (QED) is 0.595. The molecule has 0 spiro atoms. The smallest absolute Gasteiger partial charge is 0.188 e. The summed E-state index contributed by atoms with van der Waals surface area (Å²) in [5, 5.41) is 3.36. The van der Waals surface area contributed by atoms with Gasteiger partial charge in [0.1, 0.15) is 0 Å². The highest BCUT2D eigenvalue weighted by molar-refractivity contribution is 5.78. The number of guanidine groups is 1. The monoisotopic (exact) mass is 253 g/mol. The van der Waals surface area contributed by atoms with E-state index in [2.05, 4.69) is 10.3 Å². The number of nitrogens with zero attached hydrogens (tertiary/aromatic N) is 1. The van der Waals surface area contributed by atoms with Gasteiger partial charge >= 0.3 is 0 Å². The molecule has 2 aliphatic carbocycles. The van der Waals surface area contributed by atoms with Crippen LogP contribution in [0.25, 0.3) is 0 Å². The van der Waals surface area contributed by atoms with E-state index in [0.717, 1.165) is 6.54 Å². The van der Waals surface area contributed by atoms with Crippen molar-refractivity contribution in [2.75, 3.05) is 13.7 Å². The van der Waals surface area contributed by atoms with Gasteiger partial charge in [-0.25, -0.2) is 0 Å². The van der Waals surface area contributed by atoms with Gasteiger partial charge in [0.2, 0.25) is 0 Å². The van der Waals surface area contributed by atoms with E-state index in [1.165, 1.54) is 51.4 Å². The maximum absolute atomic E-state index is 5.97. The summed E-state index contributed by atoms with van der Waals surface area (Å²) in [7, 11) is 1.80. The first-order chi connectivity index (χ1) is 8.79. The molecule has 2 unspecified atom stereocenters. The molecule has 0 aromatic rings. The lowest BCUT2D eigenvalue weighted by molar-refractivity contribution is 0.0742. The fraction of sp³-hybridized carbons (Fsp3) is 0.929. The molecule has 0 aromatic carbocycles. The van der Waals surface area contributed by atoms with Crippen molar-refractivity contribution in [3.05, 3.63) is 0 Å². The van der Waals surface area contributed by atoms with Crippen LogP contribution in [0.4, 0.5) is 0 Å². The Balaban J connectivity index is 1.74. The van der Waals surface area contributed by atoms with Gasteiger partial charge in [0, 0.05) is 25.6 Å². The molecule has 2 saturated carbocycles. The minimum atomic E-state index is 0.385. The van der Waals surface area contributed by atoms with Crippen molar-refractivity contribution in [1.29, 1.82) is 0 Å². The Morgan fingerprint density at radius 1 is 1.17 bits per heavy atom. The molecule has 2 fully saturated rings. The maximum atomic E-state index is 5.97. The standard InChI is InChI=1S/C14H27N3O/c1-18-13-9-5-6-11(13)10-16-14(15)17-12-7-3-2-4-8-12/h11-13H,2-10H2,1H3,(H3,15,16,17). The molecule has 0 bridgehead atoms. The third-order valence-electron chi connectivity index (χ3n) is 4.35. The fourth-order valence-electron chi connectivity index (χ4n) is 3.24. The SMILES string of the molecule is COC1CCCC1CN=C(N)NC1CCCCC1. The topological polar surface area (TPSA) is 59.6 Å². The van der Waals surface area contributed by atoms with Crippen LogP contribution in [-0.4, -0.2) is 31.8 Å². The normalized spacial score (nSPS) is 30.6. The number of nitrogens with two attached hydrogens (primary N) is 1. The lowest BCUT2D eigenvalue weighted by Crippen LogP contribution is -2.41. The van der Waals surface area contributed by atoms with E-state index in [4.69, 9.17) is 10.5 Å². The number of hydrogen-bond acceptors (Lipinski definition) is 2. The zero-order valence-electron chi connectivity index (χ0n) is 11.5. The first kappa shape index (κ1) is 13.7. The average Bonchev–Trinajstić information content (AvgIpc) is 2.85. The second-order valence-corrected chi connectivity index (χ2v) is 5.67. The van der Waals surface area contributed by atoms with Crippen LogP contribution in [0, 0.1) is 5.92 Å². The molecule has 0 heterocycles. The van der Waals surface area contributed by atoms with Gasteiger partial charge in [0.25, 0.3) is 0 Å². The van der Waals surface area contributed by atoms with Gasteiger partial charge in [0.05, 0.1) is 6.10 Å². The van der Waals surface area contributed by atoms with Crippen LogP contribution >= 0.6 is 0 Å². The summed E-state index contributed by atoms with van der Waals surface area (Å²) in [5.41, 5.74) is 5.97. The number of nitrogens with one attached hydrogen (secondary N) is 1. The molecular formula is C14H27N3O. The van der Waals surface area contributed by atoms with E-state index >= 15 is 0 Å². The molecule has 0 amide bonds. The molecular weight excluding hydrogens is 226 g/mol. The van der Waals surface area contributed by atoms with Crippen LogP contribution in [0.5, 0.6) is 0 Å². The molecule has 0 radical (unpaired) electrons. The Morgan fingerprint density at radius 2 is 1.94 bits per heavy atom. The van der Waals surface area contributed by atoms with E-state index < -0.39 is 0 Å². The Morgan fingerprint density at radius 3 is 2.67 bits per heavy atom. The number of methoxy groups -OCH3 is 1. The van der Waals surface area contributed by atoms with Crippen molar-refractivity contribution in [2.24, 2.45) is 16.6 Å². The number of ether oxygens (including phenoxy) is 1. The van der Waals surface area contributed by atoms with Crippen molar-refractivity contribution < 1.29 is 4.74 Å². The van der Waals surface area contributed by atoms with Gasteiger partial charge in [-0.2, -0.15) is 0 Å². The molecule has 3 N–H and O–H groups in total. The highest BCUT2D eigenvalue weighted by Crippen LogP contribution is 2.27. The first-order valence-corrected chi connectivity index (χ1v) is 7.39. The van der Waals surface area contributed by atoms with Gasteiger partial charge < -0.3 is 15.8 Å². The van der Waals surface area contributed by atoms with E-state index in [1.54, 1.807) is 7.11 Å². The fourth-order valence-corrected chi connectivity index (χ4v) is 3.24. The van der Waals surface area contributed by atoms with Crippen molar-refractivity contribution in [3.63, 3.8) is 0 Å². The number of hydrogen-bond donors (Lipinski definition) is 2. The molecule has 0 saturated heterocycles. The molecule has 18 heavy (non-hydrogen) atoms. The molecule has 2 aliphatic rings. The number of rotatable bonds is 4. The summed E-state index contributed by atoms with van der Waals surface area (Å²) in [5.74, 6) is 1.19. The Hall–Kier alpha value is -0.770. The van der Waals surface area contributed by atoms with Gasteiger partial charge in [0.15, 0.2) is 5.96 Å². The summed E-state index contributed by atoms with van der Waals surface area (Å²) in [6, 6.07) is 0.546. The zero-order chi connectivity index (χ0) is 12.8. The minimum Gasteiger partial charge on any atom is -0.381 e. The molecule has 0 aliphatic heterocycles. The second-order valence-electron chi connectivity index (χ2n) is 5.67. The summed E-state index contributed by atoms with van der Waals surface area (Å²) in [6.07, 6.45) is 10.5. The molecule has 2 atom stereocenters. The summed E-state index contributed by atoms with van der Waals surface area (Å²) in [4.78, 5) is 4.50. The highest BCUT2D eigenvalue weighted by Gasteiger charge is 2.26. The zero-order valence-corrected chi connectivity index (χ0v) is 11.5. The summed E-state index contributed by atoms with van der Waals surface area (Å²) >= 11 is 0. The van der Waals surface area contributed by atoms with Crippen LogP contribution in [0.3, 0.4) is 0 Å². The summed E-state index contributed by atoms with van der Waals surface area (Å²) < 4.78 is 5.48. The Bertz CT molecular complexity index is 274. The van der Waals surface area contributed by atoms with E-state index in [1.807, 2.05) is 0 Å². The first-order valence-electron chi connectivity index (χ1n) is 7.39. The average molecular weight is 253 g/mol. The summed E-state index contributed by atoms with van der Waals surface area (Å²) in [6.45, 7) is 0.810. The number of aliphatic imine (C=N–C) groups is 1. The Kier molecular flexibility index (Phi) is 5.29. The van der Waals surface area contributed by atoms with Crippen molar-refractivity contribution in [3.8, 4) is 0 Å². The van der Waals surface area contributed by atoms with Crippen LogP contribution in [0.15, 0.2) is 4.99 Å². The molecule has 104 valence electrons. The molecule has 2 rings (SSSR count). The van der Waals surface area contributed by atoms with E-state index in [-0.39, 0.29) is 0 Å². The highest BCUT2D eigenvalue weighted by atomic mass is 16.5. The van der Waals surface area contributed by atoms with Gasteiger partial charge in [-0.1, -0.05) is 25.7 Å². The van der Waals surface area contributed by atoms with Crippen molar-refractivity contribution >= 4 is 5.96 Å². The largest absolute Gasteiger partial charge is 0.381 e. The lowest BCUT2D eigenvalue weighted by Gasteiger charge is -2.23. The van der Waals surface area contributed by atoms with Crippen molar-refractivity contribution in [1.82, 2.24) is 5.32 Å². The molecule has 0 aromatic heterocycles. The predicted octanol–water partition coefficient (Wildman–Crippen LogP) is 2.04. The van der Waals surface area contributed by atoms with Gasteiger partial charge in [-0.15, -0.1) is 0 Å². The molecule has 4 nitrogen and oxygen atoms in total. The lowest BCUT2D eigenvalue weighted by atomic mass is 9.96. The molecule has 4 heteroatoms. The third kappa shape index (κ3) is 3.87. The van der Waals surface area contributed by atoms with Crippen LogP contribution < -0.4 is 11.1 Å². The predicted molar refractivity (Wildman–Crippen MR) is 74.6 cm³/mol. The maximum Gasteiger partial charge on any atom is 0.188 e. The Labute approximate surface area is 110 Å². The van der Waals surface area contributed by atoms with Crippen LogP contribution in [0.2, 0.25) is 0 Å². The van der Waals surface area contributed by atoms with Crippen LogP contribution in [0.1, 0.15) is 51.4 Å². The van der Waals surface area contributed by atoms with Gasteiger partial charge in [-0.05, 0) is 25.7 Å². The van der Waals surface area contributed by atoms with E-state index in [9.17, 15) is 0 Å². The van der Waals surface area contributed by atoms with E-state index in [0.29, 0.717) is 24.0 Å². The minimum absolute atomic E-state index is 0.385. The third-order valence-corrected chi connectivity index (χ3v) is 4.35. The second kappa shape index (κ2) is 6.98. The van der Waals surface area contributed by atoms with Crippen LogP contribution in [-0.2, 0) is 4.74 Å². The van der Waals surface area contributed by atoms with Crippen molar-refractivity contribution in [2.45, 2.75) is 63.5 Å².